The van der Waals surface area contributed by atoms with Crippen LogP contribution >= 0.6 is 0 Å². The normalized spacial score (nSPS) is 21.4. The molecule has 35 heavy (non-hydrogen) atoms. The number of nitrogens with two attached hydrogens (primary N) is 4. The number of carbonyl (C=O) groups is 4. The van der Waals surface area contributed by atoms with Crippen LogP contribution in [0.3, 0.4) is 0 Å². The summed E-state index contributed by atoms with van der Waals surface area (Å²) in [6, 6.07) is -3.31. The molecule has 4 atom stereocenters. The quantitative estimate of drug-likeness (QED) is 0.0945. The second-order valence-electron chi connectivity index (χ2n) is 9.12. The van der Waals surface area contributed by atoms with Crippen molar-refractivity contribution in [1.82, 2.24) is 15.1 Å². The summed E-state index contributed by atoms with van der Waals surface area (Å²) in [5.41, 5.74) is 22.2. The van der Waals surface area contributed by atoms with Crippen molar-refractivity contribution in [2.24, 2.45) is 27.9 Å². The molecule has 2 aliphatic heterocycles. The molecule has 10 N–H and O–H groups in total. The fourth-order valence-corrected chi connectivity index (χ4v) is 4.65. The van der Waals surface area contributed by atoms with Gasteiger partial charge in [-0.15, -0.1) is 0 Å². The van der Waals surface area contributed by atoms with Crippen LogP contribution < -0.4 is 28.3 Å². The van der Waals surface area contributed by atoms with Gasteiger partial charge in [0.25, 0.3) is 0 Å². The molecule has 0 radical (unpaired) electrons. The summed E-state index contributed by atoms with van der Waals surface area (Å²) in [5.74, 6) is -2.30. The van der Waals surface area contributed by atoms with Gasteiger partial charge in [0.2, 0.25) is 17.7 Å². The van der Waals surface area contributed by atoms with Gasteiger partial charge in [-0.05, 0) is 57.9 Å². The van der Waals surface area contributed by atoms with Crippen molar-refractivity contribution >= 4 is 29.7 Å². The van der Waals surface area contributed by atoms with Gasteiger partial charge >= 0.3 is 5.97 Å². The first kappa shape index (κ1) is 28.3. The van der Waals surface area contributed by atoms with Crippen LogP contribution in [0.25, 0.3) is 0 Å². The highest BCUT2D eigenvalue weighted by Crippen LogP contribution is 2.26. The summed E-state index contributed by atoms with van der Waals surface area (Å²) in [6.07, 6.45) is 4.62. The summed E-state index contributed by atoms with van der Waals surface area (Å²) in [5, 5.41) is 12.2. The Labute approximate surface area is 205 Å². The van der Waals surface area contributed by atoms with Crippen molar-refractivity contribution < 1.29 is 24.3 Å². The minimum absolute atomic E-state index is 0.0670. The monoisotopic (exact) mass is 496 g/mol. The van der Waals surface area contributed by atoms with Crippen molar-refractivity contribution in [3.05, 3.63) is 0 Å². The lowest BCUT2D eigenvalue weighted by atomic mass is 10.1. The van der Waals surface area contributed by atoms with Gasteiger partial charge in [-0.25, -0.2) is 4.79 Å². The second-order valence-corrected chi connectivity index (χ2v) is 9.12. The van der Waals surface area contributed by atoms with Crippen LogP contribution in [-0.4, -0.2) is 94.9 Å². The van der Waals surface area contributed by atoms with Crippen molar-refractivity contribution in [3.63, 3.8) is 0 Å². The summed E-state index contributed by atoms with van der Waals surface area (Å²) < 4.78 is 0. The molecule has 2 heterocycles. The Morgan fingerprint density at radius 3 is 2.26 bits per heavy atom. The Morgan fingerprint density at radius 2 is 1.63 bits per heavy atom. The van der Waals surface area contributed by atoms with Gasteiger partial charge < -0.3 is 43.2 Å². The predicted molar refractivity (Wildman–Crippen MR) is 130 cm³/mol. The van der Waals surface area contributed by atoms with Crippen LogP contribution in [0.1, 0.15) is 57.8 Å². The van der Waals surface area contributed by atoms with E-state index in [1.165, 1.54) is 9.80 Å². The third-order valence-corrected chi connectivity index (χ3v) is 6.51. The fraction of sp³-hybridized carbons (Fsp3) is 0.773. The molecular formula is C22H40N8O5. The van der Waals surface area contributed by atoms with Gasteiger partial charge in [0, 0.05) is 19.6 Å². The molecule has 13 nitrogen and oxygen atoms in total. The predicted octanol–water partition coefficient (Wildman–Crippen LogP) is -1.95. The molecule has 2 aliphatic rings. The van der Waals surface area contributed by atoms with Crippen molar-refractivity contribution in [2.45, 2.75) is 82.0 Å². The first-order valence-corrected chi connectivity index (χ1v) is 12.3. The van der Waals surface area contributed by atoms with Crippen molar-refractivity contribution in [2.75, 3.05) is 26.2 Å². The zero-order chi connectivity index (χ0) is 26.0. The number of nitrogens with zero attached hydrogens (tertiary/aromatic N) is 3. The van der Waals surface area contributed by atoms with Gasteiger partial charge in [0.05, 0.1) is 6.04 Å². The smallest absolute Gasteiger partial charge is 0.326 e. The van der Waals surface area contributed by atoms with E-state index in [-0.39, 0.29) is 30.7 Å². The third kappa shape index (κ3) is 8.06. The minimum Gasteiger partial charge on any atom is -0.480 e. The molecule has 3 amide bonds. The number of rotatable bonds is 13. The molecular weight excluding hydrogens is 456 g/mol. The summed E-state index contributed by atoms with van der Waals surface area (Å²) in [6.45, 7) is 1.49. The van der Waals surface area contributed by atoms with Crippen LogP contribution in [0.5, 0.6) is 0 Å². The molecule has 198 valence electrons. The number of likely N-dealkylation sites (tertiary alicyclic amines) is 2. The molecule has 0 aliphatic carbocycles. The molecule has 0 spiro atoms. The second kappa shape index (κ2) is 13.8. The zero-order valence-electron chi connectivity index (χ0n) is 20.2. The lowest BCUT2D eigenvalue weighted by Crippen LogP contribution is -2.56. The maximum atomic E-state index is 13.5. The lowest BCUT2D eigenvalue weighted by molar-refractivity contribution is -0.152. The Bertz CT molecular complexity index is 788. The largest absolute Gasteiger partial charge is 0.480 e. The number of aliphatic carboxylic acids is 1. The number of unbranched alkanes of at least 4 members (excludes halogenated alkanes) is 1. The molecule has 2 rings (SSSR count). The Balaban J connectivity index is 2.12. The number of guanidine groups is 1. The van der Waals surface area contributed by atoms with E-state index in [1.54, 1.807) is 0 Å². The topological polar surface area (TPSA) is 223 Å². The highest BCUT2D eigenvalue weighted by Gasteiger charge is 2.43. The Morgan fingerprint density at radius 1 is 0.971 bits per heavy atom. The lowest BCUT2D eigenvalue weighted by Gasteiger charge is -2.32. The summed E-state index contributed by atoms with van der Waals surface area (Å²) in [4.78, 5) is 57.7. The zero-order valence-corrected chi connectivity index (χ0v) is 20.2. The van der Waals surface area contributed by atoms with Crippen LogP contribution in [0.15, 0.2) is 4.99 Å². The van der Waals surface area contributed by atoms with Gasteiger partial charge in [-0.1, -0.05) is 6.42 Å². The molecule has 0 aromatic heterocycles. The Kier molecular flexibility index (Phi) is 11.2. The SMILES string of the molecule is NCCCCC(N)C(=O)NC(CCCN=C(N)N)C(=O)N1CCCC1C(=O)N1CCCC1C(=O)O. The average Bonchev–Trinajstić information content (AvgIpc) is 3.50. The van der Waals surface area contributed by atoms with Crippen LogP contribution in [0, 0.1) is 0 Å². The van der Waals surface area contributed by atoms with Gasteiger partial charge in [-0.2, -0.15) is 0 Å². The highest BCUT2D eigenvalue weighted by molar-refractivity contribution is 5.94. The van der Waals surface area contributed by atoms with E-state index in [0.717, 1.165) is 6.42 Å². The number of hydrogen-bond acceptors (Lipinski definition) is 7. The number of aliphatic imine (C=N–C) groups is 1. The number of amides is 3. The maximum absolute atomic E-state index is 13.5. The number of nitrogens with one attached hydrogen (secondary N) is 1. The Hall–Kier alpha value is -2.93. The third-order valence-electron chi connectivity index (χ3n) is 6.51. The van der Waals surface area contributed by atoms with E-state index in [1.807, 2.05) is 0 Å². The van der Waals surface area contributed by atoms with Gasteiger partial charge in [-0.3, -0.25) is 19.4 Å². The molecule has 13 heteroatoms. The number of hydrogen-bond donors (Lipinski definition) is 6. The van der Waals surface area contributed by atoms with E-state index in [4.69, 9.17) is 22.9 Å². The van der Waals surface area contributed by atoms with Gasteiger partial charge in [0.15, 0.2) is 5.96 Å². The first-order chi connectivity index (χ1) is 16.7. The van der Waals surface area contributed by atoms with Crippen LogP contribution in [0.2, 0.25) is 0 Å². The molecule has 4 unspecified atom stereocenters. The molecule has 0 bridgehead atoms. The van der Waals surface area contributed by atoms with E-state index < -0.39 is 36.0 Å². The van der Waals surface area contributed by atoms with Crippen molar-refractivity contribution in [1.29, 1.82) is 0 Å². The maximum Gasteiger partial charge on any atom is 0.326 e. The molecule has 0 aromatic carbocycles. The summed E-state index contributed by atoms with van der Waals surface area (Å²) in [7, 11) is 0. The highest BCUT2D eigenvalue weighted by atomic mass is 16.4. The summed E-state index contributed by atoms with van der Waals surface area (Å²) >= 11 is 0. The fourth-order valence-electron chi connectivity index (χ4n) is 4.65. The minimum atomic E-state index is -1.04. The number of carboxylic acids is 1. The van der Waals surface area contributed by atoms with E-state index >= 15 is 0 Å². The number of carboxylic acid groups (broad SMARTS) is 1. The number of carbonyl (C=O) groups excluding carboxylic acids is 3. The molecule has 2 saturated heterocycles. The van der Waals surface area contributed by atoms with Gasteiger partial charge in [0.1, 0.15) is 18.1 Å². The average molecular weight is 497 g/mol. The molecule has 2 fully saturated rings. The van der Waals surface area contributed by atoms with Crippen LogP contribution in [-0.2, 0) is 19.2 Å². The molecule has 0 aromatic rings. The van der Waals surface area contributed by atoms with Crippen molar-refractivity contribution in [3.8, 4) is 0 Å². The first-order valence-electron chi connectivity index (χ1n) is 12.3. The standard InChI is InChI=1S/C22H40N8O5/c23-10-2-1-6-14(24)18(31)28-15(7-3-11-27-22(25)26)19(32)29-12-4-8-16(29)20(33)30-13-5-9-17(30)21(34)35/h14-17H,1-13,23-24H2,(H,28,31)(H,34,35)(H4,25,26,27). The van der Waals surface area contributed by atoms with E-state index in [9.17, 15) is 24.3 Å². The molecule has 0 saturated carbocycles. The van der Waals surface area contributed by atoms with E-state index in [0.29, 0.717) is 64.6 Å². The van der Waals surface area contributed by atoms with Crippen LogP contribution in [0.4, 0.5) is 0 Å². The van der Waals surface area contributed by atoms with E-state index in [2.05, 4.69) is 10.3 Å².